The zero-order valence-corrected chi connectivity index (χ0v) is 18.9. The summed E-state index contributed by atoms with van der Waals surface area (Å²) >= 11 is 0. The second kappa shape index (κ2) is 11.9. The third kappa shape index (κ3) is 7.54. The van der Waals surface area contributed by atoms with E-state index in [0.717, 1.165) is 16.7 Å². The molecular formula is C27H29FN2O3. The molecule has 3 rings (SSSR count). The Kier molecular flexibility index (Phi) is 8.72. The molecule has 5 nitrogen and oxygen atoms in total. The Morgan fingerprint density at radius 2 is 1.48 bits per heavy atom. The molecule has 0 aliphatic heterocycles. The number of benzene rings is 3. The van der Waals surface area contributed by atoms with Crippen LogP contribution in [-0.4, -0.2) is 17.9 Å². The van der Waals surface area contributed by atoms with Crippen molar-refractivity contribution in [3.63, 3.8) is 0 Å². The van der Waals surface area contributed by atoms with Crippen LogP contribution in [0.5, 0.6) is 0 Å². The van der Waals surface area contributed by atoms with E-state index in [1.807, 2.05) is 68.4 Å². The molecule has 1 unspecified atom stereocenters. The van der Waals surface area contributed by atoms with Gasteiger partial charge in [0.1, 0.15) is 11.9 Å². The molecule has 0 aliphatic carbocycles. The molecule has 0 saturated carbocycles. The molecule has 0 aliphatic rings. The summed E-state index contributed by atoms with van der Waals surface area (Å²) in [7, 11) is 0. The van der Waals surface area contributed by atoms with E-state index >= 15 is 0 Å². The highest BCUT2D eigenvalue weighted by Crippen LogP contribution is 2.10. The first-order valence-corrected chi connectivity index (χ1v) is 11.0. The largest absolute Gasteiger partial charge is 0.372 e. The molecule has 172 valence electrons. The monoisotopic (exact) mass is 448 g/mol. The zero-order valence-electron chi connectivity index (χ0n) is 18.9. The molecule has 1 atom stereocenters. The van der Waals surface area contributed by atoms with Crippen LogP contribution in [0.15, 0.2) is 78.9 Å². The van der Waals surface area contributed by atoms with Gasteiger partial charge in [-0.3, -0.25) is 9.59 Å². The number of ether oxygens (including phenoxy) is 1. The molecule has 0 aromatic heterocycles. The molecule has 0 bridgehead atoms. The van der Waals surface area contributed by atoms with E-state index in [4.69, 9.17) is 4.74 Å². The van der Waals surface area contributed by atoms with Gasteiger partial charge in [-0.15, -0.1) is 0 Å². The molecule has 3 aromatic carbocycles. The highest BCUT2D eigenvalue weighted by atomic mass is 19.1. The van der Waals surface area contributed by atoms with Crippen molar-refractivity contribution < 1.29 is 18.7 Å². The fourth-order valence-electron chi connectivity index (χ4n) is 3.35. The van der Waals surface area contributed by atoms with Gasteiger partial charge in [-0.05, 0) is 46.9 Å². The standard InChI is InChI=1S/C27H29FN2O3/c1-19(2)25(30-26(31)23-11-13-24(28)14-12-23)27(32)29-16-21-9-6-10-22(15-21)18-33-17-20-7-4-3-5-8-20/h3-15,19,25H,16-18H2,1-2H3,(H,29,32)(H,30,31). The van der Waals surface area contributed by atoms with Crippen LogP contribution in [0.25, 0.3) is 0 Å². The number of nitrogens with one attached hydrogen (secondary N) is 2. The smallest absolute Gasteiger partial charge is 0.251 e. The van der Waals surface area contributed by atoms with Crippen LogP contribution in [0.4, 0.5) is 4.39 Å². The second-order valence-corrected chi connectivity index (χ2v) is 8.22. The summed E-state index contributed by atoms with van der Waals surface area (Å²) < 4.78 is 18.9. The number of hydrogen-bond donors (Lipinski definition) is 2. The minimum atomic E-state index is -0.708. The van der Waals surface area contributed by atoms with Gasteiger partial charge in [-0.1, -0.05) is 68.4 Å². The van der Waals surface area contributed by atoms with E-state index in [1.165, 1.54) is 24.3 Å². The SMILES string of the molecule is CC(C)C(NC(=O)c1ccc(F)cc1)C(=O)NCc1cccc(COCc2ccccc2)c1. The van der Waals surface area contributed by atoms with Gasteiger partial charge in [0.05, 0.1) is 13.2 Å². The first-order valence-electron chi connectivity index (χ1n) is 11.0. The van der Waals surface area contributed by atoms with Crippen molar-refractivity contribution in [2.45, 2.75) is 39.6 Å². The summed E-state index contributed by atoms with van der Waals surface area (Å²) in [5, 5.41) is 5.65. The van der Waals surface area contributed by atoms with E-state index in [0.29, 0.717) is 25.3 Å². The highest BCUT2D eigenvalue weighted by Gasteiger charge is 2.24. The maximum absolute atomic E-state index is 13.1. The minimum absolute atomic E-state index is 0.118. The number of halogens is 1. The van der Waals surface area contributed by atoms with Gasteiger partial charge < -0.3 is 15.4 Å². The van der Waals surface area contributed by atoms with Gasteiger partial charge in [0, 0.05) is 12.1 Å². The highest BCUT2D eigenvalue weighted by molar-refractivity contribution is 5.97. The third-order valence-electron chi connectivity index (χ3n) is 5.18. The number of rotatable bonds is 10. The molecule has 0 saturated heterocycles. The Balaban J connectivity index is 1.52. The van der Waals surface area contributed by atoms with Crippen LogP contribution in [0.2, 0.25) is 0 Å². The summed E-state index contributed by atoms with van der Waals surface area (Å²) in [6, 6.07) is 22.3. The Morgan fingerprint density at radius 3 is 2.18 bits per heavy atom. The molecule has 2 N–H and O–H groups in total. The number of carbonyl (C=O) groups excluding carboxylic acids is 2. The molecular weight excluding hydrogens is 419 g/mol. The van der Waals surface area contributed by atoms with E-state index in [-0.39, 0.29) is 11.8 Å². The van der Waals surface area contributed by atoms with Crippen LogP contribution < -0.4 is 10.6 Å². The number of amides is 2. The fourth-order valence-corrected chi connectivity index (χ4v) is 3.35. The van der Waals surface area contributed by atoms with Crippen molar-refractivity contribution in [1.29, 1.82) is 0 Å². The van der Waals surface area contributed by atoms with Crippen LogP contribution in [0.1, 0.15) is 40.9 Å². The summed E-state index contributed by atoms with van der Waals surface area (Å²) in [5.41, 5.74) is 3.38. The lowest BCUT2D eigenvalue weighted by atomic mass is 10.0. The molecule has 3 aromatic rings. The van der Waals surface area contributed by atoms with Crippen molar-refractivity contribution in [1.82, 2.24) is 10.6 Å². The van der Waals surface area contributed by atoms with Crippen molar-refractivity contribution >= 4 is 11.8 Å². The van der Waals surface area contributed by atoms with Crippen molar-refractivity contribution in [2.75, 3.05) is 0 Å². The third-order valence-corrected chi connectivity index (χ3v) is 5.18. The van der Waals surface area contributed by atoms with E-state index in [1.54, 1.807) is 0 Å². The average Bonchev–Trinajstić information content (AvgIpc) is 2.82. The average molecular weight is 449 g/mol. The summed E-state index contributed by atoms with van der Waals surface area (Å²) in [5.74, 6) is -1.22. The van der Waals surface area contributed by atoms with Gasteiger partial charge in [0.25, 0.3) is 5.91 Å². The molecule has 0 fully saturated rings. The summed E-state index contributed by atoms with van der Waals surface area (Å²) in [6.45, 7) is 5.06. The Labute approximate surface area is 194 Å². The topological polar surface area (TPSA) is 67.4 Å². The Hall–Kier alpha value is -3.51. The van der Waals surface area contributed by atoms with Gasteiger partial charge >= 0.3 is 0 Å². The number of carbonyl (C=O) groups is 2. The molecule has 2 amide bonds. The first kappa shape index (κ1) is 24.1. The maximum atomic E-state index is 13.1. The van der Waals surface area contributed by atoms with E-state index in [2.05, 4.69) is 10.6 Å². The minimum Gasteiger partial charge on any atom is -0.372 e. The predicted molar refractivity (Wildman–Crippen MR) is 126 cm³/mol. The van der Waals surface area contributed by atoms with E-state index < -0.39 is 17.8 Å². The van der Waals surface area contributed by atoms with Crippen LogP contribution in [-0.2, 0) is 29.3 Å². The molecule has 33 heavy (non-hydrogen) atoms. The number of hydrogen-bond acceptors (Lipinski definition) is 3. The predicted octanol–water partition coefficient (Wildman–Crippen LogP) is 4.61. The Morgan fingerprint density at radius 1 is 0.848 bits per heavy atom. The molecule has 0 heterocycles. The molecule has 6 heteroatoms. The van der Waals surface area contributed by atoms with Crippen LogP contribution in [0, 0.1) is 11.7 Å². The lowest BCUT2D eigenvalue weighted by Crippen LogP contribution is -2.49. The van der Waals surface area contributed by atoms with Gasteiger partial charge in [0.2, 0.25) is 5.91 Å². The quantitative estimate of drug-likeness (QED) is 0.476. The van der Waals surface area contributed by atoms with Crippen molar-refractivity contribution in [2.24, 2.45) is 5.92 Å². The van der Waals surface area contributed by atoms with Crippen LogP contribution in [0.3, 0.4) is 0 Å². The van der Waals surface area contributed by atoms with Gasteiger partial charge in [-0.2, -0.15) is 0 Å². The van der Waals surface area contributed by atoms with Crippen LogP contribution >= 0.6 is 0 Å². The first-order chi connectivity index (χ1) is 15.9. The maximum Gasteiger partial charge on any atom is 0.251 e. The van der Waals surface area contributed by atoms with Gasteiger partial charge in [-0.25, -0.2) is 4.39 Å². The lowest BCUT2D eigenvalue weighted by molar-refractivity contribution is -0.124. The fraction of sp³-hybridized carbons (Fsp3) is 0.259. The summed E-state index contributed by atoms with van der Waals surface area (Å²) in [4.78, 5) is 25.3. The molecule has 0 radical (unpaired) electrons. The second-order valence-electron chi connectivity index (χ2n) is 8.22. The van der Waals surface area contributed by atoms with Crippen molar-refractivity contribution in [3.8, 4) is 0 Å². The normalized spacial score (nSPS) is 11.8. The lowest BCUT2D eigenvalue weighted by Gasteiger charge is -2.22. The van der Waals surface area contributed by atoms with Gasteiger partial charge in [0.15, 0.2) is 0 Å². The van der Waals surface area contributed by atoms with Crippen molar-refractivity contribution in [3.05, 3.63) is 107 Å². The molecule has 0 spiro atoms. The zero-order chi connectivity index (χ0) is 23.6. The van der Waals surface area contributed by atoms with E-state index in [9.17, 15) is 14.0 Å². The summed E-state index contributed by atoms with van der Waals surface area (Å²) in [6.07, 6.45) is 0. The Bertz CT molecular complexity index is 1050.